The summed E-state index contributed by atoms with van der Waals surface area (Å²) >= 11 is 2.75. The van der Waals surface area contributed by atoms with E-state index in [-0.39, 0.29) is 41.7 Å². The van der Waals surface area contributed by atoms with Gasteiger partial charge in [-0.15, -0.1) is 0 Å². The van der Waals surface area contributed by atoms with Gasteiger partial charge in [-0.1, -0.05) is 120 Å². The SMILES string of the molecule is O=C(O)c1nc(-c2ccc3c(c2)N(C(=O)Nc2nc4ccccc4s2)CCC3c2ccc3sc(NC(=O)N4CCCc5ccc(-c6ccc(-c7ccc8ccccc8c7)c(C(=O)O)n6)cc54)nc3c2)ccc1OCCCOc1cccc2cccnc12. The smallest absolute Gasteiger partial charge is 0.358 e. The zero-order valence-electron chi connectivity index (χ0n) is 46.3. The number of amides is 4. The molecule has 428 valence electrons. The molecule has 1 unspecified atom stereocenters. The Morgan fingerprint density at radius 1 is 0.552 bits per heavy atom. The molecular weight excluding hydrogens is 1130 g/mol. The second kappa shape index (κ2) is 23.1. The monoisotopic (exact) mass is 1190 g/mol. The second-order valence-electron chi connectivity index (χ2n) is 21.1. The summed E-state index contributed by atoms with van der Waals surface area (Å²) in [6.07, 6.45) is 4.27. The normalized spacial score (nSPS) is 13.8. The Morgan fingerprint density at radius 2 is 1.22 bits per heavy atom. The average Bonchev–Trinajstić information content (AvgIpc) is 1.86. The molecule has 17 nitrogen and oxygen atoms in total. The van der Waals surface area contributed by atoms with Gasteiger partial charge in [-0.25, -0.2) is 39.1 Å². The summed E-state index contributed by atoms with van der Waals surface area (Å²) in [7, 11) is 0. The molecule has 0 saturated heterocycles. The van der Waals surface area contributed by atoms with Crippen molar-refractivity contribution in [1.29, 1.82) is 0 Å². The highest BCUT2D eigenvalue weighted by molar-refractivity contribution is 7.22. The van der Waals surface area contributed by atoms with Crippen LogP contribution < -0.4 is 29.9 Å². The number of carbonyl (C=O) groups is 4. The number of rotatable bonds is 14. The summed E-state index contributed by atoms with van der Waals surface area (Å²) < 4.78 is 13.8. The Kier molecular flexibility index (Phi) is 14.4. The van der Waals surface area contributed by atoms with Crippen molar-refractivity contribution in [1.82, 2.24) is 24.9 Å². The molecule has 5 aromatic heterocycles. The molecule has 7 heterocycles. The fourth-order valence-corrected chi connectivity index (χ4v) is 13.3. The van der Waals surface area contributed by atoms with E-state index in [2.05, 4.69) is 36.6 Å². The van der Waals surface area contributed by atoms with Gasteiger partial charge in [-0.3, -0.25) is 25.4 Å². The third-order valence-corrected chi connectivity index (χ3v) is 17.7. The number of hydrogen-bond donors (Lipinski definition) is 4. The maximum atomic E-state index is 14.4. The number of aromatic carboxylic acids is 2. The molecule has 0 fully saturated rings. The zero-order chi connectivity index (χ0) is 59.1. The Balaban J connectivity index is 0.709. The minimum absolute atomic E-state index is 0.0630. The molecule has 0 saturated carbocycles. The van der Waals surface area contributed by atoms with Gasteiger partial charge in [0.2, 0.25) is 0 Å². The Bertz CT molecular complexity index is 4700. The van der Waals surface area contributed by atoms with Crippen molar-refractivity contribution in [2.75, 3.05) is 46.7 Å². The Labute approximate surface area is 505 Å². The number of benzene rings is 7. The van der Waals surface area contributed by atoms with E-state index in [1.165, 1.54) is 22.7 Å². The quantitative estimate of drug-likeness (QED) is 0.0745. The largest absolute Gasteiger partial charge is 0.491 e. The number of urea groups is 2. The number of thiazole rings is 2. The van der Waals surface area contributed by atoms with E-state index in [0.29, 0.717) is 93.5 Å². The molecule has 2 aliphatic rings. The topological polar surface area (TPSA) is 222 Å². The number of nitrogens with one attached hydrogen (secondary N) is 2. The predicted octanol–water partition coefficient (Wildman–Crippen LogP) is 15.2. The van der Waals surface area contributed by atoms with Crippen molar-refractivity contribution in [3.05, 3.63) is 210 Å². The molecular formula is C68H51N9O8S2. The van der Waals surface area contributed by atoms with E-state index in [1.807, 2.05) is 152 Å². The van der Waals surface area contributed by atoms with Crippen LogP contribution in [0.5, 0.6) is 11.5 Å². The van der Waals surface area contributed by atoms with E-state index in [1.54, 1.807) is 34.2 Å². The molecule has 7 aromatic carbocycles. The number of aromatic nitrogens is 5. The van der Waals surface area contributed by atoms with E-state index in [4.69, 9.17) is 14.5 Å². The number of carbonyl (C=O) groups excluding carboxylic acids is 2. The van der Waals surface area contributed by atoms with Gasteiger partial charge in [0.15, 0.2) is 27.4 Å². The van der Waals surface area contributed by atoms with Crippen molar-refractivity contribution in [3.63, 3.8) is 0 Å². The molecule has 4 amide bonds. The fourth-order valence-electron chi connectivity index (χ4n) is 11.6. The molecule has 4 N–H and O–H groups in total. The summed E-state index contributed by atoms with van der Waals surface area (Å²) in [6.45, 7) is 1.30. The van der Waals surface area contributed by atoms with Gasteiger partial charge in [-0.05, 0) is 131 Å². The standard InChI is InChI=1S/C68H51N9O8S2/c78-63(79)61-48(43-19-17-39-9-1-2-10-42(39)35-43)24-25-50(70-61)45-20-18-40-13-7-31-76(54(40)37-45)67(82)75-66-73-53-36-44(22-28-59(53)87-66)47-29-32-77(68(83)74-65-72-52-14-3-4-16-58(52)86-65)55-38-46(21-23-49(47)55)51-26-27-57(62(71-51)64(80)81)85-34-8-33-84-56-15-5-11-41-12-6-30-69-60(41)56/h1-6,9-12,14-28,30,35-38,47H,7-8,13,29,31-34H2,(H,78,79)(H,80,81)(H,72,74,83)(H,73,75,82). The van der Waals surface area contributed by atoms with Crippen molar-refractivity contribution in [2.24, 2.45) is 0 Å². The molecule has 19 heteroatoms. The first-order valence-corrected chi connectivity index (χ1v) is 30.0. The minimum atomic E-state index is -1.25. The van der Waals surface area contributed by atoms with Gasteiger partial charge < -0.3 is 19.7 Å². The Morgan fingerprint density at radius 3 is 2.02 bits per heavy atom. The van der Waals surface area contributed by atoms with Crippen LogP contribution >= 0.6 is 22.7 Å². The van der Waals surface area contributed by atoms with Crippen molar-refractivity contribution in [3.8, 4) is 45.1 Å². The number of ether oxygens (including phenoxy) is 2. The zero-order valence-corrected chi connectivity index (χ0v) is 48.0. The minimum Gasteiger partial charge on any atom is -0.491 e. The van der Waals surface area contributed by atoms with Crippen LogP contribution in [0.25, 0.3) is 75.8 Å². The highest BCUT2D eigenvalue weighted by Crippen LogP contribution is 2.44. The summed E-state index contributed by atoms with van der Waals surface area (Å²) in [4.78, 5) is 80.9. The molecule has 87 heavy (non-hydrogen) atoms. The highest BCUT2D eigenvalue weighted by atomic mass is 32.1. The number of aryl methyl sites for hydroxylation is 1. The molecule has 12 aromatic rings. The summed E-state index contributed by atoms with van der Waals surface area (Å²) in [5, 5.41) is 30.8. The van der Waals surface area contributed by atoms with E-state index in [0.717, 1.165) is 71.7 Å². The number of carboxylic acid groups (broad SMARTS) is 2. The van der Waals surface area contributed by atoms with E-state index < -0.39 is 11.9 Å². The summed E-state index contributed by atoms with van der Waals surface area (Å²) in [5.41, 5.74) is 9.45. The first-order valence-electron chi connectivity index (χ1n) is 28.3. The number of anilines is 4. The lowest BCUT2D eigenvalue weighted by molar-refractivity contribution is 0.0677. The molecule has 2 aliphatic heterocycles. The van der Waals surface area contributed by atoms with E-state index >= 15 is 0 Å². The Hall–Kier alpha value is -10.6. The van der Waals surface area contributed by atoms with Crippen molar-refractivity contribution >= 4 is 110 Å². The molecule has 0 aliphatic carbocycles. The molecule has 0 radical (unpaired) electrons. The fraction of sp³-hybridized carbons (Fsp3) is 0.132. The van der Waals surface area contributed by atoms with Gasteiger partial charge >= 0.3 is 24.0 Å². The van der Waals surface area contributed by atoms with Crippen LogP contribution in [-0.4, -0.2) is 85.4 Å². The van der Waals surface area contributed by atoms with Gasteiger partial charge in [0.1, 0.15) is 11.3 Å². The van der Waals surface area contributed by atoms with Crippen molar-refractivity contribution in [2.45, 2.75) is 31.6 Å². The third-order valence-electron chi connectivity index (χ3n) is 15.8. The lowest BCUT2D eigenvalue weighted by Gasteiger charge is -2.35. The number of nitrogens with zero attached hydrogens (tertiary/aromatic N) is 7. The first kappa shape index (κ1) is 54.3. The number of para-hydroxylation sites is 2. The number of hydrogen-bond acceptors (Lipinski definition) is 13. The lowest BCUT2D eigenvalue weighted by atomic mass is 9.83. The predicted molar refractivity (Wildman–Crippen MR) is 340 cm³/mol. The van der Waals surface area contributed by atoms with Gasteiger partial charge in [0.05, 0.1) is 45.0 Å². The van der Waals surface area contributed by atoms with Crippen LogP contribution in [0.3, 0.4) is 0 Å². The van der Waals surface area contributed by atoms with Crippen molar-refractivity contribution < 1.29 is 38.9 Å². The van der Waals surface area contributed by atoms with Crippen LogP contribution in [0.15, 0.2) is 182 Å². The van der Waals surface area contributed by atoms with Gasteiger partial charge in [-0.2, -0.15) is 0 Å². The van der Waals surface area contributed by atoms with Crippen LogP contribution in [0.1, 0.15) is 62.8 Å². The highest BCUT2D eigenvalue weighted by Gasteiger charge is 2.32. The third kappa shape index (κ3) is 10.9. The second-order valence-corrected chi connectivity index (χ2v) is 23.2. The van der Waals surface area contributed by atoms with Crippen LogP contribution in [-0.2, 0) is 6.42 Å². The average molecular weight is 1190 g/mol. The van der Waals surface area contributed by atoms with Crippen LogP contribution in [0.2, 0.25) is 0 Å². The molecule has 0 spiro atoms. The van der Waals surface area contributed by atoms with Crippen LogP contribution in [0.4, 0.5) is 31.2 Å². The summed E-state index contributed by atoms with van der Waals surface area (Å²) in [5.74, 6) is -1.80. The summed E-state index contributed by atoms with van der Waals surface area (Å²) in [6, 6.07) is 54.9. The number of carboxylic acids is 2. The maximum absolute atomic E-state index is 14.4. The van der Waals surface area contributed by atoms with E-state index in [9.17, 15) is 29.4 Å². The van der Waals surface area contributed by atoms with Crippen LogP contribution in [0, 0.1) is 0 Å². The van der Waals surface area contributed by atoms with Gasteiger partial charge in [0, 0.05) is 65.1 Å². The molecule has 0 bridgehead atoms. The molecule has 1 atom stereocenters. The number of pyridine rings is 3. The van der Waals surface area contributed by atoms with Gasteiger partial charge in [0.25, 0.3) is 0 Å². The molecule has 14 rings (SSSR count). The number of fused-ring (bicyclic) bond motifs is 6. The maximum Gasteiger partial charge on any atom is 0.358 e. The lowest BCUT2D eigenvalue weighted by Crippen LogP contribution is -2.39. The first-order chi connectivity index (χ1) is 42.5.